The number of nitrogens with zero attached hydrogens (tertiary/aromatic N) is 2. The third-order valence-corrected chi connectivity index (χ3v) is 6.27. The zero-order chi connectivity index (χ0) is 32.5. The summed E-state index contributed by atoms with van der Waals surface area (Å²) in [5, 5.41) is 3.30. The molecule has 43 heavy (non-hydrogen) atoms. The Kier molecular flexibility index (Phi) is 15.7. The highest BCUT2D eigenvalue weighted by Gasteiger charge is 2.16. The Morgan fingerprint density at radius 2 is 1.81 bits per heavy atom. The fraction of sp³-hybridized carbons (Fsp3) is 0.250. The normalized spacial score (nSPS) is 11.6. The topological polar surface area (TPSA) is 96.0 Å². The summed E-state index contributed by atoms with van der Waals surface area (Å²) in [4.78, 5) is 10.4. The number of aromatic nitrogens is 2. The lowest BCUT2D eigenvalue weighted by Crippen LogP contribution is -2.20. The highest BCUT2D eigenvalue weighted by molar-refractivity contribution is 5.82. The SMILES string of the molecule is C#C.C=C/C=C(/c1cc(F)cc(NCCN(C)C)c1)c1nc(Cc2cc(C(/C=C(/N)C=C)=C/C)ccc2N)[nH]c1C.CC. The van der Waals surface area contributed by atoms with Crippen molar-refractivity contribution in [2.24, 2.45) is 5.73 Å². The van der Waals surface area contributed by atoms with Crippen LogP contribution in [0.2, 0.25) is 0 Å². The van der Waals surface area contributed by atoms with Gasteiger partial charge in [0.15, 0.2) is 0 Å². The molecule has 6 nitrogen and oxygen atoms in total. The van der Waals surface area contributed by atoms with Crippen molar-refractivity contribution >= 4 is 22.5 Å². The summed E-state index contributed by atoms with van der Waals surface area (Å²) >= 11 is 0. The first kappa shape index (κ1) is 36.2. The molecular formula is C36H47FN6. The van der Waals surface area contributed by atoms with E-state index in [9.17, 15) is 4.39 Å². The smallest absolute Gasteiger partial charge is 0.125 e. The molecule has 6 N–H and O–H groups in total. The molecule has 3 aromatic rings. The molecule has 0 aliphatic heterocycles. The van der Waals surface area contributed by atoms with E-state index in [0.717, 1.165) is 46.0 Å². The third kappa shape index (κ3) is 10.8. The first-order valence-corrected chi connectivity index (χ1v) is 14.2. The fourth-order valence-corrected chi connectivity index (χ4v) is 4.26. The Morgan fingerprint density at radius 3 is 2.42 bits per heavy atom. The molecule has 3 rings (SSSR count). The lowest BCUT2D eigenvalue weighted by atomic mass is 9.99. The standard InChI is InChI=1S/C32H39FN6.C2H6.C2H2/c1-7-10-29(24-16-26(33)20-28(18-24)36-13-14-39(5)6)32-21(4)37-31(38-32)19-25-15-23(11-12-30(25)35)22(8-2)17-27(34)9-3;2*1-2/h7-12,15-18,20,36H,1,3,13-14,19,34-35H2,2,4-6H3,(H,37,38);1-2H3;1-2H/b22-8+,27-17+,29-10-;;. The molecule has 0 spiro atoms. The molecule has 0 saturated heterocycles. The molecule has 0 fully saturated rings. The van der Waals surface area contributed by atoms with Gasteiger partial charge in [-0.1, -0.05) is 51.3 Å². The number of anilines is 2. The van der Waals surface area contributed by atoms with Crippen LogP contribution >= 0.6 is 0 Å². The molecule has 0 radical (unpaired) electrons. The van der Waals surface area contributed by atoms with Crippen molar-refractivity contribution in [3.63, 3.8) is 0 Å². The first-order valence-electron chi connectivity index (χ1n) is 14.2. The van der Waals surface area contributed by atoms with E-state index in [1.165, 1.54) is 12.1 Å². The van der Waals surface area contributed by atoms with Gasteiger partial charge in [0, 0.05) is 47.8 Å². The molecule has 228 valence electrons. The van der Waals surface area contributed by atoms with E-state index in [2.05, 4.69) is 41.2 Å². The number of imidazole rings is 1. The maximum absolute atomic E-state index is 14.6. The monoisotopic (exact) mass is 582 g/mol. The predicted molar refractivity (Wildman–Crippen MR) is 185 cm³/mol. The van der Waals surface area contributed by atoms with E-state index < -0.39 is 0 Å². The fourth-order valence-electron chi connectivity index (χ4n) is 4.26. The first-order chi connectivity index (χ1) is 20.6. The Hall–Kier alpha value is -4.80. The molecule has 2 aromatic carbocycles. The van der Waals surface area contributed by atoms with Crippen LogP contribution in [0, 0.1) is 25.6 Å². The number of aromatic amines is 1. The van der Waals surface area contributed by atoms with E-state index >= 15 is 0 Å². The molecule has 0 amide bonds. The van der Waals surface area contributed by atoms with Crippen molar-refractivity contribution in [2.45, 2.75) is 34.1 Å². The van der Waals surface area contributed by atoms with Crippen molar-refractivity contribution in [3.05, 3.63) is 125 Å². The van der Waals surface area contributed by atoms with Gasteiger partial charge >= 0.3 is 0 Å². The lowest BCUT2D eigenvalue weighted by Gasteiger charge is -2.13. The number of aryl methyl sites for hydroxylation is 1. The number of likely N-dealkylation sites (N-methyl/N-ethyl adjacent to an activating group) is 1. The second-order valence-electron chi connectivity index (χ2n) is 9.61. The average molecular weight is 583 g/mol. The van der Waals surface area contributed by atoms with E-state index in [1.54, 1.807) is 12.2 Å². The Balaban J connectivity index is 0.00000221. The van der Waals surface area contributed by atoms with Gasteiger partial charge in [0.2, 0.25) is 0 Å². The molecule has 1 aromatic heterocycles. The van der Waals surface area contributed by atoms with E-state index in [0.29, 0.717) is 35.6 Å². The molecule has 0 aliphatic carbocycles. The summed E-state index contributed by atoms with van der Waals surface area (Å²) in [7, 11) is 4.00. The maximum Gasteiger partial charge on any atom is 0.125 e. The number of rotatable bonds is 12. The molecule has 0 atom stereocenters. The van der Waals surface area contributed by atoms with Crippen LogP contribution in [0.5, 0.6) is 0 Å². The van der Waals surface area contributed by atoms with Crippen LogP contribution in [0.1, 0.15) is 54.7 Å². The van der Waals surface area contributed by atoms with Gasteiger partial charge < -0.3 is 26.7 Å². The number of nitrogens with two attached hydrogens (primary N) is 2. The second kappa shape index (κ2) is 18.6. The molecule has 0 aliphatic rings. The number of H-pyrrole nitrogens is 1. The molecular weight excluding hydrogens is 535 g/mol. The van der Waals surface area contributed by atoms with Crippen LogP contribution < -0.4 is 16.8 Å². The summed E-state index contributed by atoms with van der Waals surface area (Å²) in [6.07, 6.45) is 17.5. The van der Waals surface area contributed by atoms with Gasteiger partial charge in [0.05, 0.1) is 5.69 Å². The quantitative estimate of drug-likeness (QED) is 0.102. The number of nitrogens with one attached hydrogen (secondary N) is 2. The second-order valence-corrected chi connectivity index (χ2v) is 9.61. The van der Waals surface area contributed by atoms with Gasteiger partial charge in [-0.05, 0) is 92.7 Å². The number of hydrogen-bond acceptors (Lipinski definition) is 5. The van der Waals surface area contributed by atoms with Crippen molar-refractivity contribution in [3.8, 4) is 12.8 Å². The van der Waals surface area contributed by atoms with Crippen molar-refractivity contribution in [1.29, 1.82) is 0 Å². The number of halogens is 1. The summed E-state index contributed by atoms with van der Waals surface area (Å²) in [6.45, 7) is 17.1. The highest BCUT2D eigenvalue weighted by atomic mass is 19.1. The molecule has 1 heterocycles. The highest BCUT2D eigenvalue weighted by Crippen LogP contribution is 2.29. The largest absolute Gasteiger partial charge is 0.399 e. The van der Waals surface area contributed by atoms with Gasteiger partial charge in [0.25, 0.3) is 0 Å². The Morgan fingerprint density at radius 1 is 1.12 bits per heavy atom. The maximum atomic E-state index is 14.6. The minimum atomic E-state index is -0.321. The zero-order valence-electron chi connectivity index (χ0n) is 26.5. The van der Waals surface area contributed by atoms with Crippen molar-refractivity contribution in [2.75, 3.05) is 38.2 Å². The van der Waals surface area contributed by atoms with Gasteiger partial charge in [-0.3, -0.25) is 0 Å². The Labute approximate surface area is 257 Å². The number of allylic oxidation sites excluding steroid dienone is 6. The van der Waals surface area contributed by atoms with Crippen LogP contribution in [0.15, 0.2) is 85.6 Å². The van der Waals surface area contributed by atoms with Crippen molar-refractivity contribution in [1.82, 2.24) is 14.9 Å². The molecule has 0 bridgehead atoms. The summed E-state index contributed by atoms with van der Waals surface area (Å²) in [5.41, 5.74) is 20.3. The summed E-state index contributed by atoms with van der Waals surface area (Å²) < 4.78 is 14.6. The van der Waals surface area contributed by atoms with Gasteiger partial charge in [-0.2, -0.15) is 0 Å². The zero-order valence-corrected chi connectivity index (χ0v) is 26.5. The number of benzene rings is 2. The lowest BCUT2D eigenvalue weighted by molar-refractivity contribution is 0.425. The van der Waals surface area contributed by atoms with E-state index in [-0.39, 0.29) is 5.82 Å². The molecule has 7 heteroatoms. The molecule has 0 unspecified atom stereocenters. The van der Waals surface area contributed by atoms with Crippen molar-refractivity contribution < 1.29 is 4.39 Å². The van der Waals surface area contributed by atoms with Gasteiger partial charge in [-0.15, -0.1) is 12.8 Å². The predicted octanol–water partition coefficient (Wildman–Crippen LogP) is 7.33. The van der Waals surface area contributed by atoms with Crippen LogP contribution in [-0.2, 0) is 6.42 Å². The van der Waals surface area contributed by atoms with Gasteiger partial charge in [0.1, 0.15) is 11.6 Å². The summed E-state index contributed by atoms with van der Waals surface area (Å²) in [5.74, 6) is 0.434. The van der Waals surface area contributed by atoms with E-state index in [1.807, 2.05) is 84.3 Å². The molecule has 0 saturated carbocycles. The van der Waals surface area contributed by atoms with Crippen LogP contribution in [0.25, 0.3) is 11.1 Å². The van der Waals surface area contributed by atoms with E-state index in [4.69, 9.17) is 16.5 Å². The number of terminal acetylenes is 1. The summed E-state index contributed by atoms with van der Waals surface area (Å²) in [6, 6.07) is 10.9. The minimum absolute atomic E-state index is 0.321. The Bertz CT molecular complexity index is 1470. The van der Waals surface area contributed by atoms with Crippen LogP contribution in [0.4, 0.5) is 15.8 Å². The third-order valence-electron chi connectivity index (χ3n) is 6.27. The number of hydrogen-bond donors (Lipinski definition) is 4. The van der Waals surface area contributed by atoms with Crippen LogP contribution in [-0.4, -0.2) is 42.1 Å². The van der Waals surface area contributed by atoms with Crippen LogP contribution in [0.3, 0.4) is 0 Å². The van der Waals surface area contributed by atoms with Gasteiger partial charge in [-0.25, -0.2) is 9.37 Å². The number of nitrogen functional groups attached to an aromatic ring is 1. The minimum Gasteiger partial charge on any atom is -0.399 e. The average Bonchev–Trinajstić information content (AvgIpc) is 3.36.